The predicted octanol–water partition coefficient (Wildman–Crippen LogP) is 2.88. The Kier molecular flexibility index (Phi) is 4.33. The molecule has 0 spiro atoms. The molecular weight excluding hydrogens is 346 g/mol. The van der Waals surface area contributed by atoms with Crippen LogP contribution in [0.3, 0.4) is 0 Å². The minimum Gasteiger partial charge on any atom is -0.497 e. The van der Waals surface area contributed by atoms with Crippen LogP contribution in [0.25, 0.3) is 23.2 Å². The van der Waals surface area contributed by atoms with Gasteiger partial charge >= 0.3 is 0 Å². The normalized spacial score (nSPS) is 12.3. The lowest BCUT2D eigenvalue weighted by Gasteiger charge is -1.99. The van der Waals surface area contributed by atoms with Crippen molar-refractivity contribution in [1.82, 2.24) is 14.6 Å². The third-order valence-electron chi connectivity index (χ3n) is 3.81. The van der Waals surface area contributed by atoms with Crippen LogP contribution in [0, 0.1) is 0 Å². The standard InChI is InChI=1S/C20H15N3O2S/c1-25-16-9-5-8-15(12-16)13-17-19(24)23-20(26-17)21-18(22-23)11-10-14-6-3-2-4-7-14/h2-13H,1H3/b11-10+,17-13+. The van der Waals surface area contributed by atoms with E-state index in [1.807, 2.05) is 66.7 Å². The Bertz CT molecular complexity index is 1190. The van der Waals surface area contributed by atoms with Crippen molar-refractivity contribution >= 4 is 34.5 Å². The van der Waals surface area contributed by atoms with Gasteiger partial charge < -0.3 is 4.74 Å². The number of benzene rings is 2. The molecule has 2 aromatic heterocycles. The number of rotatable bonds is 4. The molecule has 0 fully saturated rings. The van der Waals surface area contributed by atoms with Crippen LogP contribution in [0.4, 0.5) is 0 Å². The highest BCUT2D eigenvalue weighted by molar-refractivity contribution is 7.15. The summed E-state index contributed by atoms with van der Waals surface area (Å²) < 4.78 is 7.15. The van der Waals surface area contributed by atoms with Crippen LogP contribution >= 0.6 is 11.3 Å². The number of hydrogen-bond donors (Lipinski definition) is 0. The van der Waals surface area contributed by atoms with Crippen LogP contribution in [0.1, 0.15) is 17.0 Å². The maximum absolute atomic E-state index is 12.6. The van der Waals surface area contributed by atoms with E-state index in [4.69, 9.17) is 4.74 Å². The fourth-order valence-corrected chi connectivity index (χ4v) is 3.45. The molecule has 0 N–H and O–H groups in total. The number of methoxy groups -OCH3 is 1. The molecule has 0 aliphatic rings. The van der Waals surface area contributed by atoms with Gasteiger partial charge in [-0.3, -0.25) is 4.79 Å². The fourth-order valence-electron chi connectivity index (χ4n) is 2.54. The molecule has 4 rings (SSSR count). The third kappa shape index (κ3) is 3.27. The zero-order valence-corrected chi connectivity index (χ0v) is 14.8. The minimum atomic E-state index is -0.167. The van der Waals surface area contributed by atoms with E-state index < -0.39 is 0 Å². The van der Waals surface area contributed by atoms with Gasteiger partial charge in [-0.25, -0.2) is 0 Å². The Morgan fingerprint density at radius 3 is 2.62 bits per heavy atom. The summed E-state index contributed by atoms with van der Waals surface area (Å²) in [5.41, 5.74) is 1.79. The molecule has 4 aromatic rings. The molecule has 2 heterocycles. The van der Waals surface area contributed by atoms with Crippen LogP contribution in [0.2, 0.25) is 0 Å². The van der Waals surface area contributed by atoms with Gasteiger partial charge in [0.05, 0.1) is 11.6 Å². The average Bonchev–Trinajstić information content (AvgIpc) is 3.20. The summed E-state index contributed by atoms with van der Waals surface area (Å²) in [6, 6.07) is 17.4. The summed E-state index contributed by atoms with van der Waals surface area (Å²) in [5.74, 6) is 1.27. The van der Waals surface area contributed by atoms with Crippen molar-refractivity contribution in [3.8, 4) is 5.75 Å². The second-order valence-corrected chi connectivity index (χ2v) is 6.61. The molecule has 0 aliphatic carbocycles. The number of fused-ring (bicyclic) bond motifs is 1. The summed E-state index contributed by atoms with van der Waals surface area (Å²) in [6.07, 6.45) is 5.55. The van der Waals surface area contributed by atoms with Crippen molar-refractivity contribution in [3.05, 3.63) is 86.4 Å². The van der Waals surface area contributed by atoms with E-state index in [0.29, 0.717) is 15.3 Å². The van der Waals surface area contributed by atoms with Crippen LogP contribution in [0.5, 0.6) is 5.75 Å². The number of ether oxygens (including phenoxy) is 1. The van der Waals surface area contributed by atoms with Crippen LogP contribution < -0.4 is 14.8 Å². The van der Waals surface area contributed by atoms with Gasteiger partial charge in [0.25, 0.3) is 5.56 Å². The molecule has 0 aliphatic heterocycles. The molecule has 0 atom stereocenters. The Labute approximate surface area is 153 Å². The van der Waals surface area contributed by atoms with Crippen molar-refractivity contribution in [1.29, 1.82) is 0 Å². The first kappa shape index (κ1) is 16.2. The fraction of sp³-hybridized carbons (Fsp3) is 0.0500. The largest absolute Gasteiger partial charge is 0.497 e. The van der Waals surface area contributed by atoms with Crippen molar-refractivity contribution in [2.45, 2.75) is 0 Å². The Hall–Kier alpha value is -3.25. The van der Waals surface area contributed by atoms with Crippen molar-refractivity contribution in [3.63, 3.8) is 0 Å². The van der Waals surface area contributed by atoms with Crippen LogP contribution in [-0.4, -0.2) is 21.7 Å². The number of thiazole rings is 1. The lowest BCUT2D eigenvalue weighted by Crippen LogP contribution is -2.23. The molecule has 0 bridgehead atoms. The molecule has 0 radical (unpaired) electrons. The smallest absolute Gasteiger partial charge is 0.291 e. The van der Waals surface area contributed by atoms with Crippen LogP contribution in [-0.2, 0) is 0 Å². The number of aromatic nitrogens is 3. The quantitative estimate of drug-likeness (QED) is 0.561. The highest BCUT2D eigenvalue weighted by Crippen LogP contribution is 2.13. The van der Waals surface area contributed by atoms with Gasteiger partial charge in [0, 0.05) is 0 Å². The SMILES string of the molecule is COc1cccc(/C=c2/sc3nc(/C=C/c4ccccc4)nn3c2=O)c1. The highest BCUT2D eigenvalue weighted by Gasteiger charge is 2.08. The highest BCUT2D eigenvalue weighted by atomic mass is 32.1. The Morgan fingerprint density at radius 2 is 1.85 bits per heavy atom. The molecule has 128 valence electrons. The first-order valence-electron chi connectivity index (χ1n) is 8.01. The molecule has 5 nitrogen and oxygen atoms in total. The molecule has 6 heteroatoms. The minimum absolute atomic E-state index is 0.167. The second kappa shape index (κ2) is 6.93. The van der Waals surface area contributed by atoms with Gasteiger partial charge in [-0.2, -0.15) is 9.50 Å². The van der Waals surface area contributed by atoms with E-state index in [9.17, 15) is 4.79 Å². The Morgan fingerprint density at radius 1 is 1.04 bits per heavy atom. The first-order chi connectivity index (χ1) is 12.7. The van der Waals surface area contributed by atoms with Crippen molar-refractivity contribution in [2.24, 2.45) is 0 Å². The molecule has 0 saturated heterocycles. The van der Waals surface area contributed by atoms with E-state index in [2.05, 4.69) is 10.1 Å². The van der Waals surface area contributed by atoms with E-state index in [0.717, 1.165) is 16.9 Å². The lowest BCUT2D eigenvalue weighted by atomic mass is 10.2. The maximum atomic E-state index is 12.6. The zero-order chi connectivity index (χ0) is 17.9. The van der Waals surface area contributed by atoms with Gasteiger partial charge in [0.15, 0.2) is 5.82 Å². The summed E-state index contributed by atoms with van der Waals surface area (Å²) in [7, 11) is 1.62. The average molecular weight is 361 g/mol. The predicted molar refractivity (Wildman–Crippen MR) is 104 cm³/mol. The van der Waals surface area contributed by atoms with Crippen LogP contribution in [0.15, 0.2) is 59.4 Å². The molecular formula is C20H15N3O2S. The van der Waals surface area contributed by atoms with E-state index >= 15 is 0 Å². The molecule has 0 saturated carbocycles. The van der Waals surface area contributed by atoms with Crippen molar-refractivity contribution < 1.29 is 4.74 Å². The summed E-state index contributed by atoms with van der Waals surface area (Å²) >= 11 is 1.32. The van der Waals surface area contributed by atoms with Gasteiger partial charge in [0.1, 0.15) is 5.75 Å². The maximum Gasteiger partial charge on any atom is 0.291 e. The van der Waals surface area contributed by atoms with Gasteiger partial charge in [-0.05, 0) is 35.4 Å². The number of hydrogen-bond acceptors (Lipinski definition) is 5. The van der Waals surface area contributed by atoms with Gasteiger partial charge in [-0.15, -0.1) is 5.10 Å². The van der Waals surface area contributed by atoms with Crippen molar-refractivity contribution in [2.75, 3.05) is 7.11 Å². The molecule has 0 unspecified atom stereocenters. The first-order valence-corrected chi connectivity index (χ1v) is 8.83. The summed E-state index contributed by atoms with van der Waals surface area (Å²) in [5, 5.41) is 4.30. The molecule has 2 aromatic carbocycles. The van der Waals surface area contributed by atoms with Gasteiger partial charge in [0.2, 0.25) is 4.96 Å². The molecule has 0 amide bonds. The van der Waals surface area contributed by atoms with E-state index in [-0.39, 0.29) is 5.56 Å². The third-order valence-corrected chi connectivity index (χ3v) is 4.77. The Balaban J connectivity index is 1.68. The van der Waals surface area contributed by atoms with E-state index in [1.165, 1.54) is 15.9 Å². The van der Waals surface area contributed by atoms with Gasteiger partial charge in [-0.1, -0.05) is 59.9 Å². The molecule has 26 heavy (non-hydrogen) atoms. The monoisotopic (exact) mass is 361 g/mol. The zero-order valence-electron chi connectivity index (χ0n) is 14.0. The lowest BCUT2D eigenvalue weighted by molar-refractivity contribution is 0.414. The topological polar surface area (TPSA) is 56.5 Å². The summed E-state index contributed by atoms with van der Waals surface area (Å²) in [4.78, 5) is 17.6. The number of nitrogens with zero attached hydrogens (tertiary/aromatic N) is 3. The van der Waals surface area contributed by atoms with E-state index in [1.54, 1.807) is 13.2 Å². The second-order valence-electron chi connectivity index (χ2n) is 5.60. The summed E-state index contributed by atoms with van der Waals surface area (Å²) in [6.45, 7) is 0.